The van der Waals surface area contributed by atoms with Gasteiger partial charge >= 0.3 is 5.97 Å². The summed E-state index contributed by atoms with van der Waals surface area (Å²) in [6.45, 7) is 1.60. The van der Waals surface area contributed by atoms with E-state index in [1.807, 2.05) is 18.0 Å². The van der Waals surface area contributed by atoms with Crippen LogP contribution < -0.4 is 4.74 Å². The quantitative estimate of drug-likeness (QED) is 0.906. The lowest BCUT2D eigenvalue weighted by Crippen LogP contribution is -2.26. The molecule has 0 radical (unpaired) electrons. The zero-order valence-corrected chi connectivity index (χ0v) is 12.5. The normalized spacial score (nSPS) is 13.7. The molecule has 108 valence electrons. The lowest BCUT2D eigenvalue weighted by atomic mass is 10.1. The highest BCUT2D eigenvalue weighted by atomic mass is 35.5. The predicted octanol–water partition coefficient (Wildman–Crippen LogP) is 3.18. The SMILES string of the molecule is CN(CCC(=O)O)CC1=Cc2cc(Cl)cc(Cl)c2OC1. The van der Waals surface area contributed by atoms with Crippen molar-refractivity contribution in [3.8, 4) is 5.75 Å². The summed E-state index contributed by atoms with van der Waals surface area (Å²) in [5.41, 5.74) is 1.92. The van der Waals surface area contributed by atoms with Crippen LogP contribution in [0.1, 0.15) is 12.0 Å². The first-order chi connectivity index (χ1) is 9.45. The molecule has 0 spiro atoms. The second kappa shape index (κ2) is 6.48. The number of carboxylic acids is 1. The fourth-order valence-electron chi connectivity index (χ4n) is 2.07. The van der Waals surface area contributed by atoms with E-state index in [-0.39, 0.29) is 6.42 Å². The highest BCUT2D eigenvalue weighted by Gasteiger charge is 2.16. The summed E-state index contributed by atoms with van der Waals surface area (Å²) in [6, 6.07) is 3.46. The zero-order valence-electron chi connectivity index (χ0n) is 11.0. The molecule has 20 heavy (non-hydrogen) atoms. The summed E-state index contributed by atoms with van der Waals surface area (Å²) < 4.78 is 5.65. The Morgan fingerprint density at radius 2 is 2.20 bits per heavy atom. The number of carbonyl (C=O) groups is 1. The fourth-order valence-corrected chi connectivity index (χ4v) is 2.63. The van der Waals surface area contributed by atoms with Gasteiger partial charge in [0.1, 0.15) is 12.4 Å². The number of likely N-dealkylation sites (N-methyl/N-ethyl adjacent to an activating group) is 1. The van der Waals surface area contributed by atoms with Gasteiger partial charge in [0.15, 0.2) is 0 Å². The molecule has 2 rings (SSSR count). The third-order valence-corrected chi connectivity index (χ3v) is 3.48. The Labute approximate surface area is 127 Å². The second-order valence-electron chi connectivity index (χ2n) is 4.78. The molecule has 0 fully saturated rings. The number of aliphatic carboxylic acids is 1. The molecule has 1 N–H and O–H groups in total. The number of benzene rings is 1. The standard InChI is InChI=1S/C14H15Cl2NO3/c1-17(3-2-13(18)19)7-9-4-10-5-11(15)6-12(16)14(10)20-8-9/h4-6H,2-3,7-8H2,1H3,(H,18,19). The Morgan fingerprint density at radius 3 is 2.90 bits per heavy atom. The Bertz CT molecular complexity index is 558. The van der Waals surface area contributed by atoms with Crippen molar-refractivity contribution in [1.29, 1.82) is 0 Å². The summed E-state index contributed by atoms with van der Waals surface area (Å²) >= 11 is 12.0. The first-order valence-electron chi connectivity index (χ1n) is 6.17. The van der Waals surface area contributed by atoms with E-state index in [0.717, 1.165) is 11.1 Å². The smallest absolute Gasteiger partial charge is 0.304 e. The van der Waals surface area contributed by atoms with Crippen molar-refractivity contribution in [3.05, 3.63) is 33.3 Å². The van der Waals surface area contributed by atoms with Gasteiger partial charge in [0.2, 0.25) is 0 Å². The largest absolute Gasteiger partial charge is 0.487 e. The highest BCUT2D eigenvalue weighted by Crippen LogP contribution is 2.36. The van der Waals surface area contributed by atoms with Gasteiger partial charge in [-0.25, -0.2) is 0 Å². The molecule has 1 aromatic carbocycles. The van der Waals surface area contributed by atoms with Crippen LogP contribution >= 0.6 is 23.2 Å². The van der Waals surface area contributed by atoms with Crippen LogP contribution in [0.15, 0.2) is 17.7 Å². The maximum atomic E-state index is 10.5. The molecule has 0 saturated heterocycles. The van der Waals surface area contributed by atoms with Crippen LogP contribution in [0.4, 0.5) is 0 Å². The van der Waals surface area contributed by atoms with Crippen molar-refractivity contribution in [2.45, 2.75) is 6.42 Å². The number of fused-ring (bicyclic) bond motifs is 1. The summed E-state index contributed by atoms with van der Waals surface area (Å²) in [7, 11) is 1.88. The summed E-state index contributed by atoms with van der Waals surface area (Å²) in [5.74, 6) is -0.150. The number of ether oxygens (including phenoxy) is 1. The maximum absolute atomic E-state index is 10.5. The van der Waals surface area contributed by atoms with Gasteiger partial charge < -0.3 is 14.7 Å². The van der Waals surface area contributed by atoms with Crippen molar-refractivity contribution in [3.63, 3.8) is 0 Å². The molecule has 0 unspecified atom stereocenters. The molecule has 4 nitrogen and oxygen atoms in total. The number of hydrogen-bond acceptors (Lipinski definition) is 3. The van der Waals surface area contributed by atoms with Crippen molar-refractivity contribution in [2.75, 3.05) is 26.7 Å². The summed E-state index contributed by atoms with van der Waals surface area (Å²) in [6.07, 6.45) is 2.12. The van der Waals surface area contributed by atoms with E-state index in [0.29, 0.717) is 35.5 Å². The molecule has 1 heterocycles. The Balaban J connectivity index is 2.07. The van der Waals surface area contributed by atoms with Crippen LogP contribution in [0.5, 0.6) is 5.75 Å². The fraction of sp³-hybridized carbons (Fsp3) is 0.357. The van der Waals surface area contributed by atoms with Gasteiger partial charge in [-0.2, -0.15) is 0 Å². The number of halogens is 2. The van der Waals surface area contributed by atoms with Crippen LogP contribution in [0.2, 0.25) is 10.0 Å². The molecule has 0 aliphatic carbocycles. The predicted molar refractivity (Wildman–Crippen MR) is 79.7 cm³/mol. The molecule has 0 atom stereocenters. The number of carboxylic acid groups (broad SMARTS) is 1. The van der Waals surface area contributed by atoms with E-state index in [9.17, 15) is 4.79 Å². The van der Waals surface area contributed by atoms with Crippen LogP contribution in [-0.4, -0.2) is 42.7 Å². The minimum absolute atomic E-state index is 0.124. The highest BCUT2D eigenvalue weighted by molar-refractivity contribution is 6.36. The first kappa shape index (κ1) is 15.2. The van der Waals surface area contributed by atoms with E-state index in [4.69, 9.17) is 33.0 Å². The van der Waals surface area contributed by atoms with Crippen molar-refractivity contribution < 1.29 is 14.6 Å². The van der Waals surface area contributed by atoms with Crippen molar-refractivity contribution >= 4 is 35.2 Å². The van der Waals surface area contributed by atoms with Crippen LogP contribution in [0.25, 0.3) is 6.08 Å². The minimum Gasteiger partial charge on any atom is -0.487 e. The van der Waals surface area contributed by atoms with Gasteiger partial charge in [-0.15, -0.1) is 0 Å². The number of hydrogen-bond donors (Lipinski definition) is 1. The summed E-state index contributed by atoms with van der Waals surface area (Å²) in [4.78, 5) is 12.5. The van der Waals surface area contributed by atoms with E-state index < -0.39 is 5.97 Å². The molecule has 1 aliphatic rings. The minimum atomic E-state index is -0.797. The summed E-state index contributed by atoms with van der Waals surface area (Å²) in [5, 5.41) is 9.73. The van der Waals surface area contributed by atoms with Gasteiger partial charge in [0, 0.05) is 23.7 Å². The van der Waals surface area contributed by atoms with Gasteiger partial charge in [0.25, 0.3) is 0 Å². The zero-order chi connectivity index (χ0) is 14.7. The van der Waals surface area contributed by atoms with Crippen molar-refractivity contribution in [2.24, 2.45) is 0 Å². The Kier molecular flexibility index (Phi) is 4.91. The lowest BCUT2D eigenvalue weighted by molar-refractivity contribution is -0.137. The van der Waals surface area contributed by atoms with Gasteiger partial charge in [-0.1, -0.05) is 23.2 Å². The molecule has 0 amide bonds. The molecular weight excluding hydrogens is 301 g/mol. The molecule has 6 heteroatoms. The van der Waals surface area contributed by atoms with E-state index >= 15 is 0 Å². The Morgan fingerprint density at radius 1 is 1.45 bits per heavy atom. The van der Waals surface area contributed by atoms with Crippen LogP contribution in [-0.2, 0) is 4.79 Å². The first-order valence-corrected chi connectivity index (χ1v) is 6.93. The van der Waals surface area contributed by atoms with Crippen LogP contribution in [0, 0.1) is 0 Å². The number of rotatable bonds is 5. The monoisotopic (exact) mass is 315 g/mol. The average molecular weight is 316 g/mol. The molecule has 1 aliphatic heterocycles. The van der Waals surface area contributed by atoms with Crippen LogP contribution in [0.3, 0.4) is 0 Å². The third-order valence-electron chi connectivity index (χ3n) is 2.98. The molecule has 0 aromatic heterocycles. The molecular formula is C14H15Cl2NO3. The molecule has 0 bridgehead atoms. The maximum Gasteiger partial charge on any atom is 0.304 e. The van der Waals surface area contributed by atoms with Crippen molar-refractivity contribution in [1.82, 2.24) is 4.90 Å². The Hall–Kier alpha value is -1.23. The number of nitrogens with zero attached hydrogens (tertiary/aromatic N) is 1. The molecule has 0 saturated carbocycles. The molecule has 1 aromatic rings. The second-order valence-corrected chi connectivity index (χ2v) is 5.62. The van der Waals surface area contributed by atoms with E-state index in [1.54, 1.807) is 12.1 Å². The lowest BCUT2D eigenvalue weighted by Gasteiger charge is -2.23. The topological polar surface area (TPSA) is 49.8 Å². The van der Waals surface area contributed by atoms with Gasteiger partial charge in [-0.3, -0.25) is 4.79 Å². The third kappa shape index (κ3) is 3.88. The van der Waals surface area contributed by atoms with E-state index in [2.05, 4.69) is 0 Å². The average Bonchev–Trinajstić information content (AvgIpc) is 2.35. The van der Waals surface area contributed by atoms with Gasteiger partial charge in [-0.05, 0) is 30.8 Å². The van der Waals surface area contributed by atoms with E-state index in [1.165, 1.54) is 0 Å². The van der Waals surface area contributed by atoms with Gasteiger partial charge in [0.05, 0.1) is 11.4 Å².